The molecule has 2 unspecified atom stereocenters. The predicted molar refractivity (Wildman–Crippen MR) is 66.0 cm³/mol. The van der Waals surface area contributed by atoms with E-state index in [-0.39, 0.29) is 6.10 Å². The van der Waals surface area contributed by atoms with E-state index in [1.807, 2.05) is 0 Å². The van der Waals surface area contributed by atoms with Gasteiger partial charge in [-0.3, -0.25) is 0 Å². The van der Waals surface area contributed by atoms with Crippen molar-refractivity contribution in [2.45, 2.75) is 45.3 Å². The van der Waals surface area contributed by atoms with Gasteiger partial charge in [-0.05, 0) is 30.0 Å². The van der Waals surface area contributed by atoms with Gasteiger partial charge in [-0.2, -0.15) is 0 Å². The van der Waals surface area contributed by atoms with Gasteiger partial charge in [0.15, 0.2) is 0 Å². The van der Waals surface area contributed by atoms with Crippen LogP contribution in [-0.4, -0.2) is 6.10 Å². The Bertz CT molecular complexity index is 348. The first kappa shape index (κ1) is 11.2. The number of halogens is 1. The lowest BCUT2D eigenvalue weighted by atomic mass is 9.92. The topological polar surface area (TPSA) is 9.23 Å². The fourth-order valence-corrected chi connectivity index (χ4v) is 2.77. The highest BCUT2D eigenvalue weighted by molar-refractivity contribution is 9.10. The number of hydrogen-bond acceptors (Lipinski definition) is 1. The Kier molecular flexibility index (Phi) is 3.47. The Morgan fingerprint density at radius 1 is 1.33 bits per heavy atom. The van der Waals surface area contributed by atoms with E-state index in [1.165, 1.54) is 15.6 Å². The maximum absolute atomic E-state index is 6.05. The molecule has 2 heteroatoms. The summed E-state index contributed by atoms with van der Waals surface area (Å²) in [6.07, 6.45) is 3.87. The Balaban J connectivity index is 2.39. The Labute approximate surface area is 100.0 Å². The molecule has 1 aromatic carbocycles. The maximum atomic E-state index is 6.05. The van der Waals surface area contributed by atoms with E-state index in [0.717, 1.165) is 19.3 Å². The lowest BCUT2D eigenvalue weighted by Crippen LogP contribution is -2.25. The van der Waals surface area contributed by atoms with Crippen LogP contribution in [0.25, 0.3) is 0 Å². The molecule has 0 saturated carbocycles. The summed E-state index contributed by atoms with van der Waals surface area (Å²) in [5.74, 6) is 0. The first-order chi connectivity index (χ1) is 7.26. The zero-order chi connectivity index (χ0) is 10.8. The van der Waals surface area contributed by atoms with E-state index in [1.54, 1.807) is 0 Å². The van der Waals surface area contributed by atoms with Gasteiger partial charge in [0.05, 0.1) is 12.2 Å². The van der Waals surface area contributed by atoms with Crippen molar-refractivity contribution in [2.75, 3.05) is 0 Å². The van der Waals surface area contributed by atoms with Crippen LogP contribution in [0, 0.1) is 0 Å². The van der Waals surface area contributed by atoms with Crippen molar-refractivity contribution in [3.8, 4) is 0 Å². The maximum Gasteiger partial charge on any atom is 0.0829 e. The largest absolute Gasteiger partial charge is 0.370 e. The molecule has 1 aliphatic rings. The molecule has 0 fully saturated rings. The van der Waals surface area contributed by atoms with Crippen LogP contribution in [0.15, 0.2) is 22.7 Å². The molecule has 15 heavy (non-hydrogen) atoms. The molecule has 0 aromatic heterocycles. The fraction of sp³-hybridized carbons (Fsp3) is 0.538. The van der Waals surface area contributed by atoms with Gasteiger partial charge in [-0.1, -0.05) is 41.9 Å². The fourth-order valence-electron chi connectivity index (χ4n) is 2.23. The van der Waals surface area contributed by atoms with Crippen LogP contribution in [0.5, 0.6) is 0 Å². The van der Waals surface area contributed by atoms with E-state index >= 15 is 0 Å². The summed E-state index contributed by atoms with van der Waals surface area (Å²) < 4.78 is 7.28. The lowest BCUT2D eigenvalue weighted by Gasteiger charge is -2.32. The van der Waals surface area contributed by atoms with Gasteiger partial charge in [0, 0.05) is 10.9 Å². The average Bonchev–Trinajstić information content (AvgIpc) is 2.28. The van der Waals surface area contributed by atoms with Gasteiger partial charge in [0.2, 0.25) is 0 Å². The molecule has 0 N–H and O–H groups in total. The first-order valence-corrected chi connectivity index (χ1v) is 6.48. The summed E-state index contributed by atoms with van der Waals surface area (Å²) >= 11 is 3.64. The molecule has 1 nitrogen and oxygen atoms in total. The van der Waals surface area contributed by atoms with Crippen molar-refractivity contribution in [3.05, 3.63) is 33.8 Å². The van der Waals surface area contributed by atoms with E-state index < -0.39 is 0 Å². The second kappa shape index (κ2) is 4.67. The van der Waals surface area contributed by atoms with Crippen LogP contribution in [0.3, 0.4) is 0 Å². The molecule has 0 bridgehead atoms. The first-order valence-electron chi connectivity index (χ1n) is 5.69. The summed E-state index contributed by atoms with van der Waals surface area (Å²) in [6, 6.07) is 6.42. The summed E-state index contributed by atoms with van der Waals surface area (Å²) in [4.78, 5) is 0. The summed E-state index contributed by atoms with van der Waals surface area (Å²) in [5, 5.41) is 0. The van der Waals surface area contributed by atoms with Crippen molar-refractivity contribution in [2.24, 2.45) is 0 Å². The van der Waals surface area contributed by atoms with Crippen molar-refractivity contribution in [1.29, 1.82) is 0 Å². The number of fused-ring (bicyclic) bond motifs is 1. The zero-order valence-electron chi connectivity index (χ0n) is 9.29. The molecule has 2 rings (SSSR count). The molecular weight excluding hydrogens is 252 g/mol. The second-order valence-electron chi connectivity index (χ2n) is 4.07. The monoisotopic (exact) mass is 268 g/mol. The molecule has 1 aromatic rings. The molecule has 82 valence electrons. The molecule has 0 spiro atoms. The third-order valence-electron chi connectivity index (χ3n) is 3.12. The van der Waals surface area contributed by atoms with Crippen LogP contribution in [0.2, 0.25) is 0 Å². The Morgan fingerprint density at radius 3 is 2.80 bits per heavy atom. The van der Waals surface area contributed by atoms with Crippen LogP contribution < -0.4 is 0 Å². The SMILES string of the molecule is CCC1Cc2c(Br)cccc2C(CC)O1. The number of rotatable bonds is 2. The van der Waals surface area contributed by atoms with Gasteiger partial charge < -0.3 is 4.74 Å². The van der Waals surface area contributed by atoms with Gasteiger partial charge in [-0.15, -0.1) is 0 Å². The summed E-state index contributed by atoms with van der Waals surface area (Å²) in [6.45, 7) is 4.38. The molecule has 1 heterocycles. The van der Waals surface area contributed by atoms with Crippen LogP contribution in [0.1, 0.15) is 43.9 Å². The Hall–Kier alpha value is -0.340. The van der Waals surface area contributed by atoms with Gasteiger partial charge in [0.25, 0.3) is 0 Å². The Morgan fingerprint density at radius 2 is 2.13 bits per heavy atom. The lowest BCUT2D eigenvalue weighted by molar-refractivity contribution is -0.0290. The summed E-state index contributed by atoms with van der Waals surface area (Å²) in [7, 11) is 0. The van der Waals surface area contributed by atoms with Crippen LogP contribution in [0.4, 0.5) is 0 Å². The molecule has 0 amide bonds. The second-order valence-corrected chi connectivity index (χ2v) is 4.93. The predicted octanol–water partition coefficient (Wildman–Crippen LogP) is 4.25. The van der Waals surface area contributed by atoms with Gasteiger partial charge in [-0.25, -0.2) is 0 Å². The molecule has 0 radical (unpaired) electrons. The minimum absolute atomic E-state index is 0.288. The number of hydrogen-bond donors (Lipinski definition) is 0. The highest BCUT2D eigenvalue weighted by atomic mass is 79.9. The minimum atomic E-state index is 0.288. The van der Waals surface area contributed by atoms with E-state index in [2.05, 4.69) is 48.0 Å². The standard InChI is InChI=1S/C13H17BrO/c1-3-9-8-11-10(13(4-2)15-9)6-5-7-12(11)14/h5-7,9,13H,3-4,8H2,1-2H3. The quantitative estimate of drug-likeness (QED) is 0.779. The van der Waals surface area contributed by atoms with Crippen molar-refractivity contribution in [1.82, 2.24) is 0 Å². The molecule has 0 saturated heterocycles. The summed E-state index contributed by atoms with van der Waals surface area (Å²) in [5.41, 5.74) is 2.82. The molecule has 0 aliphatic carbocycles. The third kappa shape index (κ3) is 2.11. The van der Waals surface area contributed by atoms with E-state index in [0.29, 0.717) is 6.10 Å². The van der Waals surface area contributed by atoms with Crippen LogP contribution >= 0.6 is 15.9 Å². The van der Waals surface area contributed by atoms with Crippen molar-refractivity contribution < 1.29 is 4.74 Å². The molecule has 1 aliphatic heterocycles. The van der Waals surface area contributed by atoms with Crippen molar-refractivity contribution in [3.63, 3.8) is 0 Å². The van der Waals surface area contributed by atoms with Gasteiger partial charge >= 0.3 is 0 Å². The zero-order valence-corrected chi connectivity index (χ0v) is 10.9. The molecule has 2 atom stereocenters. The normalized spacial score (nSPS) is 25.0. The third-order valence-corrected chi connectivity index (χ3v) is 3.86. The highest BCUT2D eigenvalue weighted by Crippen LogP contribution is 2.36. The minimum Gasteiger partial charge on any atom is -0.370 e. The van der Waals surface area contributed by atoms with E-state index in [4.69, 9.17) is 4.74 Å². The van der Waals surface area contributed by atoms with Crippen molar-refractivity contribution >= 4 is 15.9 Å². The number of ether oxygens (including phenoxy) is 1. The van der Waals surface area contributed by atoms with E-state index in [9.17, 15) is 0 Å². The number of benzene rings is 1. The smallest absolute Gasteiger partial charge is 0.0829 e. The highest BCUT2D eigenvalue weighted by Gasteiger charge is 2.26. The van der Waals surface area contributed by atoms with Gasteiger partial charge in [0.1, 0.15) is 0 Å². The van der Waals surface area contributed by atoms with Crippen LogP contribution in [-0.2, 0) is 11.2 Å². The average molecular weight is 269 g/mol. The molecular formula is C13H17BrO.